The summed E-state index contributed by atoms with van der Waals surface area (Å²) in [6, 6.07) is 0. The molecule has 0 aromatic carbocycles. The Morgan fingerprint density at radius 1 is 1.80 bits per heavy atom. The highest BCUT2D eigenvalue weighted by Gasteiger charge is 2.12. The lowest BCUT2D eigenvalue weighted by molar-refractivity contribution is 0.505. The Hall–Kier alpha value is -0.740. The van der Waals surface area contributed by atoms with Gasteiger partial charge in [-0.25, -0.2) is 0 Å². The van der Waals surface area contributed by atoms with E-state index in [0.717, 1.165) is 5.57 Å². The van der Waals surface area contributed by atoms with E-state index < -0.39 is 0 Å². The van der Waals surface area contributed by atoms with Crippen molar-refractivity contribution in [3.8, 4) is 12.3 Å². The van der Waals surface area contributed by atoms with Crippen molar-refractivity contribution in [2.24, 2.45) is 17.6 Å². The Kier molecular flexibility index (Phi) is 3.83. The molecule has 0 radical (unpaired) electrons. The minimum atomic E-state index is 0.144. The average Bonchev–Trinajstić information content (AvgIpc) is 1.88. The molecule has 0 spiro atoms. The summed E-state index contributed by atoms with van der Waals surface area (Å²) in [5, 5.41) is 0. The van der Waals surface area contributed by atoms with Crippen LogP contribution in [0.25, 0.3) is 0 Å². The number of allylic oxidation sites excluding steroid dienone is 1. The van der Waals surface area contributed by atoms with Crippen molar-refractivity contribution in [3.63, 3.8) is 0 Å². The molecular weight excluding hydrogens is 122 g/mol. The lowest BCUT2D eigenvalue weighted by atomic mass is 9.89. The first-order chi connectivity index (χ1) is 4.63. The SMILES string of the molecule is C#CC(C(=C)C)C(C)CN. The van der Waals surface area contributed by atoms with Crippen LogP contribution >= 0.6 is 0 Å². The molecule has 0 amide bonds. The van der Waals surface area contributed by atoms with E-state index >= 15 is 0 Å². The summed E-state index contributed by atoms with van der Waals surface area (Å²) < 4.78 is 0. The fourth-order valence-corrected chi connectivity index (χ4v) is 0.928. The fourth-order valence-electron chi connectivity index (χ4n) is 0.928. The molecule has 0 heterocycles. The van der Waals surface area contributed by atoms with Crippen LogP contribution in [0.4, 0.5) is 0 Å². The third-order valence-electron chi connectivity index (χ3n) is 1.65. The number of terminal acetylenes is 1. The molecule has 0 rings (SSSR count). The van der Waals surface area contributed by atoms with E-state index in [1.807, 2.05) is 13.8 Å². The van der Waals surface area contributed by atoms with Gasteiger partial charge in [-0.3, -0.25) is 0 Å². The maximum absolute atomic E-state index is 5.45. The highest BCUT2D eigenvalue weighted by molar-refractivity contribution is 5.12. The van der Waals surface area contributed by atoms with E-state index in [2.05, 4.69) is 12.5 Å². The van der Waals surface area contributed by atoms with Crippen LogP contribution < -0.4 is 5.73 Å². The molecule has 0 aromatic rings. The molecule has 0 bridgehead atoms. The van der Waals surface area contributed by atoms with Gasteiger partial charge in [0.2, 0.25) is 0 Å². The Labute approximate surface area is 63.3 Å². The zero-order chi connectivity index (χ0) is 8.15. The summed E-state index contributed by atoms with van der Waals surface area (Å²) in [5.41, 5.74) is 6.48. The van der Waals surface area contributed by atoms with E-state index in [1.165, 1.54) is 0 Å². The first-order valence-electron chi connectivity index (χ1n) is 3.45. The van der Waals surface area contributed by atoms with Crippen LogP contribution in [0.5, 0.6) is 0 Å². The van der Waals surface area contributed by atoms with Crippen LogP contribution in [0, 0.1) is 24.2 Å². The second kappa shape index (κ2) is 4.14. The molecule has 1 nitrogen and oxygen atoms in total. The van der Waals surface area contributed by atoms with E-state index in [4.69, 9.17) is 12.2 Å². The zero-order valence-electron chi connectivity index (χ0n) is 6.72. The summed E-state index contributed by atoms with van der Waals surface area (Å²) in [4.78, 5) is 0. The Balaban J connectivity index is 4.10. The molecule has 0 aliphatic rings. The molecule has 10 heavy (non-hydrogen) atoms. The van der Waals surface area contributed by atoms with E-state index in [0.29, 0.717) is 12.5 Å². The zero-order valence-corrected chi connectivity index (χ0v) is 6.72. The van der Waals surface area contributed by atoms with E-state index in [-0.39, 0.29) is 5.92 Å². The second-order valence-electron chi connectivity index (χ2n) is 2.70. The van der Waals surface area contributed by atoms with E-state index in [9.17, 15) is 0 Å². The van der Waals surface area contributed by atoms with Crippen LogP contribution in [-0.2, 0) is 0 Å². The highest BCUT2D eigenvalue weighted by atomic mass is 14.5. The maximum atomic E-state index is 5.45. The molecule has 0 saturated heterocycles. The van der Waals surface area contributed by atoms with Crippen LogP contribution in [-0.4, -0.2) is 6.54 Å². The minimum Gasteiger partial charge on any atom is -0.330 e. The Bertz CT molecular complexity index is 153. The first-order valence-corrected chi connectivity index (χ1v) is 3.45. The third kappa shape index (κ3) is 2.24. The second-order valence-corrected chi connectivity index (χ2v) is 2.70. The monoisotopic (exact) mass is 137 g/mol. The average molecular weight is 137 g/mol. The molecule has 56 valence electrons. The first kappa shape index (κ1) is 9.26. The van der Waals surface area contributed by atoms with Gasteiger partial charge in [-0.2, -0.15) is 0 Å². The summed E-state index contributed by atoms with van der Waals surface area (Å²) in [5.74, 6) is 3.17. The molecule has 0 aliphatic heterocycles. The summed E-state index contributed by atoms with van der Waals surface area (Å²) in [6.45, 7) is 8.41. The van der Waals surface area contributed by atoms with Gasteiger partial charge in [0.25, 0.3) is 0 Å². The summed E-state index contributed by atoms with van der Waals surface area (Å²) in [6.07, 6.45) is 5.28. The lowest BCUT2D eigenvalue weighted by Crippen LogP contribution is -2.19. The molecule has 0 saturated carbocycles. The maximum Gasteiger partial charge on any atom is 0.0441 e. The molecule has 2 atom stereocenters. The number of rotatable bonds is 3. The van der Waals surface area contributed by atoms with Gasteiger partial charge in [-0.15, -0.1) is 6.42 Å². The molecule has 0 fully saturated rings. The van der Waals surface area contributed by atoms with E-state index in [1.54, 1.807) is 0 Å². The van der Waals surface area contributed by atoms with Crippen LogP contribution in [0.2, 0.25) is 0 Å². The minimum absolute atomic E-state index is 0.144. The van der Waals surface area contributed by atoms with Crippen molar-refractivity contribution in [2.75, 3.05) is 6.54 Å². The molecule has 2 unspecified atom stereocenters. The van der Waals surface area contributed by atoms with Gasteiger partial charge in [0.05, 0.1) is 0 Å². The van der Waals surface area contributed by atoms with Gasteiger partial charge in [0, 0.05) is 5.92 Å². The van der Waals surface area contributed by atoms with Crippen LogP contribution in [0.3, 0.4) is 0 Å². The van der Waals surface area contributed by atoms with Crippen molar-refractivity contribution >= 4 is 0 Å². The predicted molar refractivity (Wildman–Crippen MR) is 45.4 cm³/mol. The Morgan fingerprint density at radius 3 is 2.40 bits per heavy atom. The largest absolute Gasteiger partial charge is 0.330 e. The quantitative estimate of drug-likeness (QED) is 0.462. The third-order valence-corrected chi connectivity index (χ3v) is 1.65. The van der Waals surface area contributed by atoms with Crippen molar-refractivity contribution in [3.05, 3.63) is 12.2 Å². The Morgan fingerprint density at radius 2 is 2.30 bits per heavy atom. The summed E-state index contributed by atoms with van der Waals surface area (Å²) in [7, 11) is 0. The standard InChI is InChI=1S/C9H15N/c1-5-9(7(2)3)8(4)6-10/h1,8-9H,2,6,10H2,3-4H3. The topological polar surface area (TPSA) is 26.0 Å². The van der Waals surface area contributed by atoms with Crippen LogP contribution in [0.15, 0.2) is 12.2 Å². The molecule has 2 N–H and O–H groups in total. The summed E-state index contributed by atoms with van der Waals surface area (Å²) >= 11 is 0. The van der Waals surface area contributed by atoms with Gasteiger partial charge in [0.15, 0.2) is 0 Å². The normalized spacial score (nSPS) is 15.4. The molecular formula is C9H15N. The van der Waals surface area contributed by atoms with Gasteiger partial charge in [-0.1, -0.05) is 25.0 Å². The van der Waals surface area contributed by atoms with Gasteiger partial charge < -0.3 is 5.73 Å². The fraction of sp³-hybridized carbons (Fsp3) is 0.556. The van der Waals surface area contributed by atoms with Crippen molar-refractivity contribution in [2.45, 2.75) is 13.8 Å². The van der Waals surface area contributed by atoms with Gasteiger partial charge >= 0.3 is 0 Å². The van der Waals surface area contributed by atoms with Crippen molar-refractivity contribution < 1.29 is 0 Å². The number of nitrogens with two attached hydrogens (primary N) is 1. The van der Waals surface area contributed by atoms with Gasteiger partial charge in [-0.05, 0) is 19.4 Å². The van der Waals surface area contributed by atoms with Gasteiger partial charge in [0.1, 0.15) is 0 Å². The smallest absolute Gasteiger partial charge is 0.0441 e. The van der Waals surface area contributed by atoms with Crippen LogP contribution in [0.1, 0.15) is 13.8 Å². The highest BCUT2D eigenvalue weighted by Crippen LogP contribution is 2.16. The predicted octanol–water partition coefficient (Wildman–Crippen LogP) is 1.41. The number of hydrogen-bond acceptors (Lipinski definition) is 1. The lowest BCUT2D eigenvalue weighted by Gasteiger charge is -2.16. The molecule has 0 aliphatic carbocycles. The number of hydrogen-bond donors (Lipinski definition) is 1. The molecule has 1 heteroatoms. The molecule has 0 aromatic heterocycles. The van der Waals surface area contributed by atoms with Crippen molar-refractivity contribution in [1.82, 2.24) is 0 Å². The van der Waals surface area contributed by atoms with Crippen molar-refractivity contribution in [1.29, 1.82) is 0 Å².